The number of benzene rings is 2. The average molecular weight is 403 g/mol. The third kappa shape index (κ3) is 3.83. The van der Waals surface area contributed by atoms with E-state index in [2.05, 4.69) is 18.3 Å². The molecular formula is C25H25NO4. The molecule has 4 rings (SSSR count). The first kappa shape index (κ1) is 19.8. The Balaban J connectivity index is 1.87. The van der Waals surface area contributed by atoms with Gasteiger partial charge < -0.3 is 18.9 Å². The smallest absolute Gasteiger partial charge is 0.347 e. The average Bonchev–Trinajstić information content (AvgIpc) is 3.02. The van der Waals surface area contributed by atoms with Crippen LogP contribution in [-0.4, -0.2) is 6.10 Å². The Labute approximate surface area is 175 Å². The van der Waals surface area contributed by atoms with Gasteiger partial charge in [-0.1, -0.05) is 29.8 Å². The van der Waals surface area contributed by atoms with E-state index in [0.29, 0.717) is 28.2 Å². The first-order valence-electron chi connectivity index (χ1n) is 10.0. The minimum atomic E-state index is -0.417. The topological polar surface area (TPSA) is 64.6 Å². The second kappa shape index (κ2) is 7.75. The van der Waals surface area contributed by atoms with Gasteiger partial charge in [-0.3, -0.25) is 0 Å². The number of nitrogens with one attached hydrogen (secondary N) is 1. The van der Waals surface area contributed by atoms with Crippen molar-refractivity contribution < 1.29 is 13.6 Å². The fourth-order valence-corrected chi connectivity index (χ4v) is 3.58. The highest BCUT2D eigenvalue weighted by molar-refractivity contribution is 6.00. The van der Waals surface area contributed by atoms with E-state index < -0.39 is 5.63 Å². The van der Waals surface area contributed by atoms with Crippen LogP contribution in [0.4, 0.5) is 11.6 Å². The molecular weight excluding hydrogens is 378 g/mol. The monoisotopic (exact) mass is 403 g/mol. The van der Waals surface area contributed by atoms with Crippen LogP contribution in [-0.2, 0) is 0 Å². The molecule has 0 aliphatic rings. The molecule has 0 saturated carbocycles. The van der Waals surface area contributed by atoms with Crippen LogP contribution >= 0.6 is 0 Å². The van der Waals surface area contributed by atoms with E-state index >= 15 is 0 Å². The molecule has 30 heavy (non-hydrogen) atoms. The molecule has 0 amide bonds. The van der Waals surface area contributed by atoms with Crippen molar-refractivity contribution >= 4 is 22.5 Å². The summed E-state index contributed by atoms with van der Waals surface area (Å²) in [5, 5.41) is 3.79. The highest BCUT2D eigenvalue weighted by Gasteiger charge is 2.21. The van der Waals surface area contributed by atoms with Crippen LogP contribution in [0, 0.1) is 20.8 Å². The minimum Gasteiger partial charge on any atom is -0.491 e. The third-order valence-electron chi connectivity index (χ3n) is 4.87. The molecule has 2 aromatic carbocycles. The van der Waals surface area contributed by atoms with Crippen LogP contribution in [0.15, 0.2) is 62.2 Å². The van der Waals surface area contributed by atoms with Crippen LogP contribution in [0.3, 0.4) is 0 Å². The first-order valence-corrected chi connectivity index (χ1v) is 10.0. The molecule has 0 saturated heterocycles. The summed E-state index contributed by atoms with van der Waals surface area (Å²) in [4.78, 5) is 12.7. The Bertz CT molecular complexity index is 1260. The van der Waals surface area contributed by atoms with Crippen molar-refractivity contribution in [3.63, 3.8) is 0 Å². The Kier molecular flexibility index (Phi) is 5.12. The van der Waals surface area contributed by atoms with E-state index in [1.54, 1.807) is 13.0 Å². The van der Waals surface area contributed by atoms with Crippen molar-refractivity contribution in [3.05, 3.63) is 75.8 Å². The van der Waals surface area contributed by atoms with Crippen molar-refractivity contribution in [1.29, 1.82) is 0 Å². The van der Waals surface area contributed by atoms with Gasteiger partial charge in [0.15, 0.2) is 0 Å². The standard InChI is InChI=1S/C25H25NO4/c1-14(2)28-19-9-7-18(8-10-19)22-23-21(13-17(5)29-25(23)27)30-24(22)26-20-11-6-15(3)12-16(20)4/h6-14,26H,1-5H3. The van der Waals surface area contributed by atoms with Crippen molar-refractivity contribution in [2.45, 2.75) is 40.7 Å². The lowest BCUT2D eigenvalue weighted by molar-refractivity contribution is 0.242. The van der Waals surface area contributed by atoms with Gasteiger partial charge in [-0.05, 0) is 63.9 Å². The second-order valence-corrected chi connectivity index (χ2v) is 7.82. The van der Waals surface area contributed by atoms with Gasteiger partial charge in [0, 0.05) is 11.8 Å². The first-order chi connectivity index (χ1) is 14.3. The normalized spacial score (nSPS) is 11.3. The summed E-state index contributed by atoms with van der Waals surface area (Å²) >= 11 is 0. The van der Waals surface area contributed by atoms with E-state index in [9.17, 15) is 4.79 Å². The summed E-state index contributed by atoms with van der Waals surface area (Å²) < 4.78 is 17.2. The molecule has 154 valence electrons. The Morgan fingerprint density at radius 1 is 0.933 bits per heavy atom. The molecule has 0 atom stereocenters. The van der Waals surface area contributed by atoms with Crippen LogP contribution < -0.4 is 15.7 Å². The fraction of sp³-hybridized carbons (Fsp3) is 0.240. The minimum absolute atomic E-state index is 0.0855. The Morgan fingerprint density at radius 3 is 2.33 bits per heavy atom. The summed E-state index contributed by atoms with van der Waals surface area (Å²) in [6.45, 7) is 9.79. The Morgan fingerprint density at radius 2 is 1.67 bits per heavy atom. The van der Waals surface area contributed by atoms with Crippen molar-refractivity contribution in [2.24, 2.45) is 0 Å². The number of hydrogen-bond donors (Lipinski definition) is 1. The predicted molar refractivity (Wildman–Crippen MR) is 120 cm³/mol. The van der Waals surface area contributed by atoms with Crippen LogP contribution in [0.2, 0.25) is 0 Å². The van der Waals surface area contributed by atoms with E-state index in [1.165, 1.54) is 5.56 Å². The zero-order valence-electron chi connectivity index (χ0n) is 17.8. The summed E-state index contributed by atoms with van der Waals surface area (Å²) in [5.41, 5.74) is 4.78. The van der Waals surface area contributed by atoms with Crippen molar-refractivity contribution in [3.8, 4) is 16.9 Å². The number of aryl methyl sites for hydroxylation is 3. The molecule has 5 nitrogen and oxygen atoms in total. The van der Waals surface area contributed by atoms with Gasteiger partial charge in [-0.2, -0.15) is 0 Å². The molecule has 0 bridgehead atoms. The van der Waals surface area contributed by atoms with Crippen molar-refractivity contribution in [1.82, 2.24) is 0 Å². The molecule has 4 aromatic rings. The zero-order chi connectivity index (χ0) is 21.4. The molecule has 2 heterocycles. The van der Waals surface area contributed by atoms with Gasteiger partial charge in [-0.25, -0.2) is 4.79 Å². The lowest BCUT2D eigenvalue weighted by Gasteiger charge is -2.12. The maximum Gasteiger partial charge on any atom is 0.347 e. The second-order valence-electron chi connectivity index (χ2n) is 7.82. The largest absolute Gasteiger partial charge is 0.491 e. The van der Waals surface area contributed by atoms with Gasteiger partial charge in [0.1, 0.15) is 22.5 Å². The van der Waals surface area contributed by atoms with E-state index in [0.717, 1.165) is 22.6 Å². The third-order valence-corrected chi connectivity index (χ3v) is 4.87. The molecule has 2 aromatic heterocycles. The number of rotatable bonds is 5. The van der Waals surface area contributed by atoms with Crippen molar-refractivity contribution in [2.75, 3.05) is 5.32 Å². The maximum atomic E-state index is 12.7. The molecule has 0 aliphatic heterocycles. The van der Waals surface area contributed by atoms with Gasteiger partial charge in [0.05, 0.1) is 11.7 Å². The molecule has 0 fully saturated rings. The fourth-order valence-electron chi connectivity index (χ4n) is 3.58. The Hall–Kier alpha value is -3.47. The number of hydrogen-bond acceptors (Lipinski definition) is 5. The predicted octanol–water partition coefficient (Wildman–Crippen LogP) is 6.51. The number of furan rings is 1. The summed E-state index contributed by atoms with van der Waals surface area (Å²) in [6, 6.07) is 15.5. The van der Waals surface area contributed by atoms with Gasteiger partial charge in [-0.15, -0.1) is 0 Å². The zero-order valence-corrected chi connectivity index (χ0v) is 17.8. The molecule has 5 heteroatoms. The highest BCUT2D eigenvalue weighted by Crippen LogP contribution is 2.39. The molecule has 0 spiro atoms. The van der Waals surface area contributed by atoms with Crippen LogP contribution in [0.1, 0.15) is 30.7 Å². The van der Waals surface area contributed by atoms with E-state index in [1.807, 2.05) is 57.2 Å². The summed E-state index contributed by atoms with van der Waals surface area (Å²) in [7, 11) is 0. The summed E-state index contributed by atoms with van der Waals surface area (Å²) in [6.07, 6.45) is 0.0855. The van der Waals surface area contributed by atoms with Gasteiger partial charge >= 0.3 is 5.63 Å². The lowest BCUT2D eigenvalue weighted by atomic mass is 10.0. The number of fused-ring (bicyclic) bond motifs is 1. The number of ether oxygens (including phenoxy) is 1. The van der Waals surface area contributed by atoms with Gasteiger partial charge in [0.25, 0.3) is 0 Å². The highest BCUT2D eigenvalue weighted by atomic mass is 16.5. The molecule has 0 unspecified atom stereocenters. The SMILES string of the molecule is Cc1ccc(Nc2oc3cc(C)oc(=O)c3c2-c2ccc(OC(C)C)cc2)c(C)c1. The summed E-state index contributed by atoms with van der Waals surface area (Å²) in [5.74, 6) is 1.78. The molecule has 1 N–H and O–H groups in total. The van der Waals surface area contributed by atoms with Crippen LogP contribution in [0.25, 0.3) is 22.1 Å². The molecule has 0 aliphatic carbocycles. The quantitative estimate of drug-likeness (QED) is 0.411. The van der Waals surface area contributed by atoms with E-state index in [-0.39, 0.29) is 6.10 Å². The number of anilines is 2. The van der Waals surface area contributed by atoms with E-state index in [4.69, 9.17) is 13.6 Å². The lowest BCUT2D eigenvalue weighted by Crippen LogP contribution is -2.05. The van der Waals surface area contributed by atoms with Gasteiger partial charge in [0.2, 0.25) is 5.88 Å². The van der Waals surface area contributed by atoms with Crippen LogP contribution in [0.5, 0.6) is 5.75 Å². The molecule has 0 radical (unpaired) electrons. The maximum absolute atomic E-state index is 12.7.